The van der Waals surface area contributed by atoms with Gasteiger partial charge in [-0.05, 0) is 24.3 Å². The van der Waals surface area contributed by atoms with Crippen molar-refractivity contribution >= 4 is 23.9 Å². The molecular formula is C16H11F2NO4. The molecule has 118 valence electrons. The monoisotopic (exact) mass is 319 g/mol. The SMILES string of the molecule is O=Cc1ccc(C(=O)OCC(=O)Nc2ccc(F)cc2F)cc1. The van der Waals surface area contributed by atoms with Gasteiger partial charge in [-0.2, -0.15) is 0 Å². The quantitative estimate of drug-likeness (QED) is 0.679. The van der Waals surface area contributed by atoms with Crippen LogP contribution in [0, 0.1) is 11.6 Å². The largest absolute Gasteiger partial charge is 0.452 e. The molecule has 5 nitrogen and oxygen atoms in total. The van der Waals surface area contributed by atoms with Crippen molar-refractivity contribution in [2.75, 3.05) is 11.9 Å². The van der Waals surface area contributed by atoms with Crippen molar-refractivity contribution in [1.82, 2.24) is 0 Å². The van der Waals surface area contributed by atoms with Gasteiger partial charge in [-0.25, -0.2) is 13.6 Å². The van der Waals surface area contributed by atoms with Gasteiger partial charge in [-0.1, -0.05) is 12.1 Å². The second-order valence-corrected chi connectivity index (χ2v) is 4.49. The molecule has 23 heavy (non-hydrogen) atoms. The lowest BCUT2D eigenvalue weighted by atomic mass is 10.1. The summed E-state index contributed by atoms with van der Waals surface area (Å²) in [5.41, 5.74) is 0.338. The maximum absolute atomic E-state index is 13.4. The average molecular weight is 319 g/mol. The molecule has 0 aliphatic rings. The number of benzene rings is 2. The van der Waals surface area contributed by atoms with E-state index in [-0.39, 0.29) is 11.3 Å². The van der Waals surface area contributed by atoms with E-state index in [0.29, 0.717) is 17.9 Å². The summed E-state index contributed by atoms with van der Waals surface area (Å²) in [4.78, 5) is 33.8. The Morgan fingerprint density at radius 1 is 1.09 bits per heavy atom. The number of carbonyl (C=O) groups excluding carboxylic acids is 3. The highest BCUT2D eigenvalue weighted by atomic mass is 19.1. The first kappa shape index (κ1) is 16.3. The van der Waals surface area contributed by atoms with Crippen LogP contribution in [0.4, 0.5) is 14.5 Å². The Kier molecular flexibility index (Phi) is 5.14. The fourth-order valence-electron chi connectivity index (χ4n) is 1.69. The van der Waals surface area contributed by atoms with Crippen LogP contribution in [0.3, 0.4) is 0 Å². The molecule has 0 spiro atoms. The molecular weight excluding hydrogens is 308 g/mol. The predicted molar refractivity (Wildman–Crippen MR) is 77.1 cm³/mol. The lowest BCUT2D eigenvalue weighted by molar-refractivity contribution is -0.119. The molecule has 7 heteroatoms. The van der Waals surface area contributed by atoms with Crippen LogP contribution < -0.4 is 5.32 Å². The first-order chi connectivity index (χ1) is 11.0. The molecule has 2 aromatic rings. The lowest BCUT2D eigenvalue weighted by Gasteiger charge is -2.07. The van der Waals surface area contributed by atoms with Crippen LogP contribution in [0.1, 0.15) is 20.7 Å². The number of esters is 1. The average Bonchev–Trinajstić information content (AvgIpc) is 2.55. The maximum atomic E-state index is 13.4. The van der Waals surface area contributed by atoms with Crippen LogP contribution >= 0.6 is 0 Å². The van der Waals surface area contributed by atoms with Crippen LogP contribution in [-0.2, 0) is 9.53 Å². The third-order valence-corrected chi connectivity index (χ3v) is 2.82. The fraction of sp³-hybridized carbons (Fsp3) is 0.0625. The van der Waals surface area contributed by atoms with E-state index in [0.717, 1.165) is 12.1 Å². The minimum absolute atomic E-state index is 0.163. The van der Waals surface area contributed by atoms with Crippen LogP contribution in [-0.4, -0.2) is 24.8 Å². The van der Waals surface area contributed by atoms with Crippen LogP contribution in [0.2, 0.25) is 0 Å². The number of hydrogen-bond donors (Lipinski definition) is 1. The summed E-state index contributed by atoms with van der Waals surface area (Å²) in [6, 6.07) is 8.28. The van der Waals surface area contributed by atoms with E-state index in [2.05, 4.69) is 5.32 Å². The molecule has 0 unspecified atom stereocenters. The minimum Gasteiger partial charge on any atom is -0.452 e. The first-order valence-electron chi connectivity index (χ1n) is 6.47. The van der Waals surface area contributed by atoms with E-state index in [4.69, 9.17) is 4.74 Å². The number of rotatable bonds is 5. The number of anilines is 1. The van der Waals surface area contributed by atoms with E-state index in [1.807, 2.05) is 0 Å². The van der Waals surface area contributed by atoms with Gasteiger partial charge in [0, 0.05) is 11.6 Å². The number of hydrogen-bond acceptors (Lipinski definition) is 4. The number of amides is 1. The summed E-state index contributed by atoms with van der Waals surface area (Å²) in [6.45, 7) is -0.634. The zero-order valence-electron chi connectivity index (χ0n) is 11.7. The van der Waals surface area contributed by atoms with Crippen molar-refractivity contribution in [2.45, 2.75) is 0 Å². The molecule has 0 atom stereocenters. The Balaban J connectivity index is 1.90. The Bertz CT molecular complexity index is 744. The van der Waals surface area contributed by atoms with Gasteiger partial charge in [0.25, 0.3) is 5.91 Å². The molecule has 1 amide bonds. The molecule has 0 bridgehead atoms. The van der Waals surface area contributed by atoms with Crippen molar-refractivity contribution in [3.05, 3.63) is 65.2 Å². The molecule has 1 N–H and O–H groups in total. The standard InChI is InChI=1S/C16H11F2NO4/c17-12-5-6-14(13(18)7-12)19-15(21)9-23-16(22)11-3-1-10(8-20)2-4-11/h1-8H,9H2,(H,19,21). The molecule has 0 saturated carbocycles. The van der Waals surface area contributed by atoms with Crippen LogP contribution in [0.5, 0.6) is 0 Å². The molecule has 0 radical (unpaired) electrons. The third-order valence-electron chi connectivity index (χ3n) is 2.82. The lowest BCUT2D eigenvalue weighted by Crippen LogP contribution is -2.21. The molecule has 0 saturated heterocycles. The normalized spacial score (nSPS) is 10.0. The van der Waals surface area contributed by atoms with E-state index >= 15 is 0 Å². The first-order valence-corrected chi connectivity index (χ1v) is 6.47. The molecule has 0 aromatic heterocycles. The minimum atomic E-state index is -0.936. The topological polar surface area (TPSA) is 72.5 Å². The molecule has 2 aromatic carbocycles. The van der Waals surface area contributed by atoms with Crippen molar-refractivity contribution < 1.29 is 27.9 Å². The highest BCUT2D eigenvalue weighted by Crippen LogP contribution is 2.14. The fourth-order valence-corrected chi connectivity index (χ4v) is 1.69. The van der Waals surface area contributed by atoms with Crippen molar-refractivity contribution in [1.29, 1.82) is 0 Å². The van der Waals surface area contributed by atoms with Gasteiger partial charge >= 0.3 is 5.97 Å². The van der Waals surface area contributed by atoms with Crippen LogP contribution in [0.25, 0.3) is 0 Å². The predicted octanol–water partition coefficient (Wildman–Crippen LogP) is 2.57. The summed E-state index contributed by atoms with van der Waals surface area (Å²) in [7, 11) is 0. The number of nitrogens with one attached hydrogen (secondary N) is 1. The van der Waals surface area contributed by atoms with Crippen molar-refractivity contribution in [3.63, 3.8) is 0 Å². The third kappa shape index (κ3) is 4.44. The highest BCUT2D eigenvalue weighted by molar-refractivity contribution is 5.95. The zero-order valence-corrected chi connectivity index (χ0v) is 11.7. The van der Waals surface area contributed by atoms with E-state index in [1.165, 1.54) is 24.3 Å². The Hall–Kier alpha value is -3.09. The number of aldehydes is 1. The van der Waals surface area contributed by atoms with Gasteiger partial charge in [-0.3, -0.25) is 9.59 Å². The second kappa shape index (κ2) is 7.26. The van der Waals surface area contributed by atoms with Gasteiger partial charge in [0.1, 0.15) is 17.9 Å². The number of ether oxygens (including phenoxy) is 1. The molecule has 0 aliphatic carbocycles. The zero-order chi connectivity index (χ0) is 16.8. The van der Waals surface area contributed by atoms with Gasteiger partial charge in [0.15, 0.2) is 6.61 Å². The van der Waals surface area contributed by atoms with Crippen LogP contribution in [0.15, 0.2) is 42.5 Å². The molecule has 0 heterocycles. The Morgan fingerprint density at radius 2 is 1.78 bits per heavy atom. The highest BCUT2D eigenvalue weighted by Gasteiger charge is 2.12. The number of halogens is 2. The summed E-state index contributed by atoms with van der Waals surface area (Å²) in [5.74, 6) is -3.25. The van der Waals surface area contributed by atoms with Crippen molar-refractivity contribution in [3.8, 4) is 0 Å². The molecule has 0 aliphatic heterocycles. The number of carbonyl (C=O) groups is 3. The Labute approximate surface area is 129 Å². The van der Waals surface area contributed by atoms with E-state index < -0.39 is 30.1 Å². The van der Waals surface area contributed by atoms with E-state index in [9.17, 15) is 23.2 Å². The summed E-state index contributed by atoms with van der Waals surface area (Å²) in [6.07, 6.45) is 0.625. The second-order valence-electron chi connectivity index (χ2n) is 4.49. The van der Waals surface area contributed by atoms with Gasteiger partial charge in [0.05, 0.1) is 11.3 Å². The van der Waals surface area contributed by atoms with Gasteiger partial charge in [-0.15, -0.1) is 0 Å². The molecule has 2 rings (SSSR count). The van der Waals surface area contributed by atoms with Gasteiger partial charge < -0.3 is 10.1 Å². The summed E-state index contributed by atoms with van der Waals surface area (Å²) < 4.78 is 30.9. The maximum Gasteiger partial charge on any atom is 0.338 e. The van der Waals surface area contributed by atoms with Crippen molar-refractivity contribution in [2.24, 2.45) is 0 Å². The van der Waals surface area contributed by atoms with E-state index in [1.54, 1.807) is 0 Å². The smallest absolute Gasteiger partial charge is 0.338 e. The Morgan fingerprint density at radius 3 is 2.39 bits per heavy atom. The van der Waals surface area contributed by atoms with Gasteiger partial charge in [0.2, 0.25) is 0 Å². The molecule has 0 fully saturated rings. The summed E-state index contributed by atoms with van der Waals surface area (Å²) in [5, 5.41) is 2.16. The summed E-state index contributed by atoms with van der Waals surface area (Å²) >= 11 is 0.